The Morgan fingerprint density at radius 2 is 1.81 bits per heavy atom. The zero-order valence-electron chi connectivity index (χ0n) is 25.7. The fourth-order valence-electron chi connectivity index (χ4n) is 5.80. The van der Waals surface area contributed by atoms with Crippen LogP contribution in [0.3, 0.4) is 0 Å². The molecule has 248 valence electrons. The van der Waals surface area contributed by atoms with Crippen LogP contribution in [0.25, 0.3) is 16.7 Å². The fraction of sp³-hybridized carbons (Fsp3) is 0.364. The van der Waals surface area contributed by atoms with Gasteiger partial charge in [-0.1, -0.05) is 6.07 Å². The third-order valence-corrected chi connectivity index (χ3v) is 8.27. The van der Waals surface area contributed by atoms with Gasteiger partial charge in [0.15, 0.2) is 5.65 Å². The number of fused-ring (bicyclic) bond motifs is 1. The van der Waals surface area contributed by atoms with E-state index in [1.807, 2.05) is 6.92 Å². The lowest BCUT2D eigenvalue weighted by molar-refractivity contribution is -0.140. The standard InChI is InChI=1S/C33H33F4N5O5/c1-3-47-24-9-7-23(8-10-24)42-30(39-29-25(31(42)44)5-4-14-38-29)20(2)41(19-21-12-15-40(16-13-21)32(45)46)28(43)18-22-6-11-27(34)26(17-22)33(35,36)37/h4-11,14,17,20-21H,3,12-13,15-16,18-19H2,1-2H3,(H,45,46)/t20-/m1/s1. The lowest BCUT2D eigenvalue weighted by Crippen LogP contribution is -2.44. The van der Waals surface area contributed by atoms with Crippen molar-refractivity contribution in [3.05, 3.63) is 93.9 Å². The van der Waals surface area contributed by atoms with Gasteiger partial charge < -0.3 is 19.6 Å². The number of alkyl halides is 3. The molecule has 1 atom stereocenters. The smallest absolute Gasteiger partial charge is 0.419 e. The van der Waals surface area contributed by atoms with E-state index in [4.69, 9.17) is 9.72 Å². The molecule has 0 radical (unpaired) electrons. The average molecular weight is 656 g/mol. The highest BCUT2D eigenvalue weighted by atomic mass is 19.4. The summed E-state index contributed by atoms with van der Waals surface area (Å²) in [4.78, 5) is 51.2. The van der Waals surface area contributed by atoms with Crippen molar-refractivity contribution >= 4 is 23.0 Å². The second kappa shape index (κ2) is 13.8. The number of amides is 2. The van der Waals surface area contributed by atoms with Gasteiger partial charge in [-0.25, -0.2) is 19.2 Å². The van der Waals surface area contributed by atoms with E-state index in [9.17, 15) is 37.1 Å². The van der Waals surface area contributed by atoms with Crippen LogP contribution in [-0.2, 0) is 17.4 Å². The van der Waals surface area contributed by atoms with Gasteiger partial charge in [0.25, 0.3) is 5.56 Å². The molecule has 1 aliphatic heterocycles. The first-order chi connectivity index (χ1) is 22.4. The predicted octanol–water partition coefficient (Wildman–Crippen LogP) is 5.86. The Hall–Kier alpha value is -5.01. The lowest BCUT2D eigenvalue weighted by Gasteiger charge is -2.36. The summed E-state index contributed by atoms with van der Waals surface area (Å²) in [6, 6.07) is 11.5. The van der Waals surface area contributed by atoms with E-state index in [-0.39, 0.29) is 48.0 Å². The molecular formula is C33H33F4N5O5. The number of ether oxygens (including phenoxy) is 1. The lowest BCUT2D eigenvalue weighted by atomic mass is 9.95. The molecule has 2 aromatic heterocycles. The van der Waals surface area contributed by atoms with Crippen molar-refractivity contribution in [2.45, 2.75) is 45.3 Å². The van der Waals surface area contributed by atoms with Crippen molar-refractivity contribution in [2.24, 2.45) is 5.92 Å². The molecule has 1 aliphatic rings. The first kappa shape index (κ1) is 33.4. The number of rotatable bonds is 9. The van der Waals surface area contributed by atoms with Crippen LogP contribution in [0, 0.1) is 11.7 Å². The Morgan fingerprint density at radius 1 is 1.11 bits per heavy atom. The maximum absolute atomic E-state index is 14.0. The van der Waals surface area contributed by atoms with Gasteiger partial charge in [0.1, 0.15) is 17.4 Å². The number of carbonyl (C=O) groups excluding carboxylic acids is 1. The van der Waals surface area contributed by atoms with E-state index < -0.39 is 47.6 Å². The predicted molar refractivity (Wildman–Crippen MR) is 164 cm³/mol. The van der Waals surface area contributed by atoms with Crippen molar-refractivity contribution in [1.29, 1.82) is 0 Å². The van der Waals surface area contributed by atoms with Gasteiger partial charge >= 0.3 is 12.3 Å². The van der Waals surface area contributed by atoms with Crippen LogP contribution in [0.4, 0.5) is 22.4 Å². The average Bonchev–Trinajstić information content (AvgIpc) is 3.04. The van der Waals surface area contributed by atoms with Crippen LogP contribution in [0.15, 0.2) is 65.6 Å². The van der Waals surface area contributed by atoms with Crippen molar-refractivity contribution < 1.29 is 37.0 Å². The number of likely N-dealkylation sites (tertiary alicyclic amines) is 1. The largest absolute Gasteiger partial charge is 0.494 e. The summed E-state index contributed by atoms with van der Waals surface area (Å²) >= 11 is 0. The van der Waals surface area contributed by atoms with Crippen LogP contribution in [0.5, 0.6) is 5.75 Å². The molecule has 5 rings (SSSR count). The Balaban J connectivity index is 1.57. The molecular weight excluding hydrogens is 622 g/mol. The summed E-state index contributed by atoms with van der Waals surface area (Å²) in [5.74, 6) is -1.43. The molecule has 1 N–H and O–H groups in total. The number of hydrogen-bond acceptors (Lipinski definition) is 6. The number of pyridine rings is 1. The fourth-order valence-corrected chi connectivity index (χ4v) is 5.80. The minimum atomic E-state index is -4.95. The highest BCUT2D eigenvalue weighted by molar-refractivity contribution is 5.79. The molecule has 0 unspecified atom stereocenters. The molecule has 2 aromatic carbocycles. The number of benzene rings is 2. The number of hydrogen-bond donors (Lipinski definition) is 1. The van der Waals surface area contributed by atoms with E-state index in [1.165, 1.54) is 20.6 Å². The molecule has 0 bridgehead atoms. The monoisotopic (exact) mass is 655 g/mol. The van der Waals surface area contributed by atoms with E-state index in [2.05, 4.69) is 4.98 Å². The van der Waals surface area contributed by atoms with Gasteiger partial charge in [-0.05, 0) is 86.7 Å². The van der Waals surface area contributed by atoms with E-state index >= 15 is 0 Å². The number of halogens is 4. The Bertz CT molecular complexity index is 1820. The minimum absolute atomic E-state index is 0.0429. The van der Waals surface area contributed by atoms with Gasteiger partial charge in [0.05, 0.1) is 35.7 Å². The zero-order valence-corrected chi connectivity index (χ0v) is 25.7. The topological polar surface area (TPSA) is 118 Å². The van der Waals surface area contributed by atoms with Crippen LogP contribution in [-0.4, -0.2) is 67.7 Å². The summed E-state index contributed by atoms with van der Waals surface area (Å²) in [7, 11) is 0. The van der Waals surface area contributed by atoms with Crippen LogP contribution >= 0.6 is 0 Å². The summed E-state index contributed by atoms with van der Waals surface area (Å²) < 4.78 is 61.4. The minimum Gasteiger partial charge on any atom is -0.494 e. The highest BCUT2D eigenvalue weighted by Gasteiger charge is 2.35. The van der Waals surface area contributed by atoms with Crippen LogP contribution in [0.1, 0.15) is 49.7 Å². The van der Waals surface area contributed by atoms with Crippen molar-refractivity contribution in [3.63, 3.8) is 0 Å². The molecule has 1 saturated heterocycles. The molecule has 0 spiro atoms. The summed E-state index contributed by atoms with van der Waals surface area (Å²) in [5.41, 5.74) is -1.37. The van der Waals surface area contributed by atoms with Gasteiger partial charge in [0, 0.05) is 25.8 Å². The second-order valence-corrected chi connectivity index (χ2v) is 11.3. The normalized spacial score (nSPS) is 14.6. The number of aromatic nitrogens is 3. The molecule has 1 fully saturated rings. The van der Waals surface area contributed by atoms with E-state index in [0.717, 1.165) is 6.07 Å². The van der Waals surface area contributed by atoms with E-state index in [1.54, 1.807) is 43.3 Å². The SMILES string of the molecule is CCOc1ccc(-n2c([C@@H](C)N(CC3CCN(C(=O)O)CC3)C(=O)Cc3ccc(F)c(C(F)(F)F)c3)nc3ncccc3c2=O)cc1. The van der Waals surface area contributed by atoms with Gasteiger partial charge in [-0.15, -0.1) is 0 Å². The molecule has 0 aliphatic carbocycles. The molecule has 4 aromatic rings. The van der Waals surface area contributed by atoms with Gasteiger partial charge in [-0.2, -0.15) is 13.2 Å². The third kappa shape index (κ3) is 7.36. The van der Waals surface area contributed by atoms with Crippen molar-refractivity contribution in [2.75, 3.05) is 26.2 Å². The Labute approximate surface area is 267 Å². The van der Waals surface area contributed by atoms with Gasteiger partial charge in [0.2, 0.25) is 5.91 Å². The Kier molecular flexibility index (Phi) is 9.77. The van der Waals surface area contributed by atoms with Crippen molar-refractivity contribution in [3.8, 4) is 11.4 Å². The maximum atomic E-state index is 14.0. The second-order valence-electron chi connectivity index (χ2n) is 11.3. The first-order valence-electron chi connectivity index (χ1n) is 15.1. The molecule has 47 heavy (non-hydrogen) atoms. The summed E-state index contributed by atoms with van der Waals surface area (Å²) in [6.07, 6.45) is -4.12. The van der Waals surface area contributed by atoms with Crippen LogP contribution < -0.4 is 10.3 Å². The summed E-state index contributed by atoms with van der Waals surface area (Å²) in [5, 5.41) is 9.63. The van der Waals surface area contributed by atoms with Crippen LogP contribution in [0.2, 0.25) is 0 Å². The quantitative estimate of drug-likeness (QED) is 0.225. The number of piperidine rings is 1. The summed E-state index contributed by atoms with van der Waals surface area (Å²) in [6.45, 7) is 4.55. The first-order valence-corrected chi connectivity index (χ1v) is 15.1. The highest BCUT2D eigenvalue weighted by Crippen LogP contribution is 2.33. The van der Waals surface area contributed by atoms with E-state index in [0.29, 0.717) is 43.0 Å². The number of nitrogens with zero attached hydrogens (tertiary/aromatic N) is 5. The molecule has 0 saturated carbocycles. The van der Waals surface area contributed by atoms with Crippen molar-refractivity contribution in [1.82, 2.24) is 24.3 Å². The molecule has 14 heteroatoms. The number of carbonyl (C=O) groups is 2. The Morgan fingerprint density at radius 3 is 2.45 bits per heavy atom. The number of carboxylic acid groups (broad SMARTS) is 1. The molecule has 3 heterocycles. The zero-order chi connectivity index (χ0) is 33.9. The third-order valence-electron chi connectivity index (χ3n) is 8.27. The molecule has 2 amide bonds. The van der Waals surface area contributed by atoms with Gasteiger partial charge in [-0.3, -0.25) is 14.2 Å². The molecule has 10 nitrogen and oxygen atoms in total. The maximum Gasteiger partial charge on any atom is 0.419 e.